The van der Waals surface area contributed by atoms with Crippen LogP contribution < -0.4 is 0 Å². The van der Waals surface area contributed by atoms with E-state index in [-0.39, 0.29) is 5.82 Å². The number of benzene rings is 2. The van der Waals surface area contributed by atoms with Crippen LogP contribution in [0.15, 0.2) is 42.5 Å². The quantitative estimate of drug-likeness (QED) is 0.684. The third kappa shape index (κ3) is 2.73. The molecule has 0 atom stereocenters. The molecule has 0 aliphatic heterocycles. The SMILES string of the molecule is Cc1ccc(-c2cc(F)cc(C(C)C)c2)cc1. The first kappa shape index (κ1) is 11.8. The zero-order valence-corrected chi connectivity index (χ0v) is 10.5. The highest BCUT2D eigenvalue weighted by Gasteiger charge is 2.05. The van der Waals surface area contributed by atoms with Gasteiger partial charge in [-0.25, -0.2) is 4.39 Å². The van der Waals surface area contributed by atoms with Crippen LogP contribution in [0.3, 0.4) is 0 Å². The molecule has 0 fully saturated rings. The molecule has 0 aromatic heterocycles. The van der Waals surface area contributed by atoms with Crippen LogP contribution in [0.1, 0.15) is 30.9 Å². The van der Waals surface area contributed by atoms with Crippen molar-refractivity contribution in [3.63, 3.8) is 0 Å². The molecule has 0 aliphatic carbocycles. The molecular weight excluding hydrogens is 211 g/mol. The molecule has 0 bridgehead atoms. The first-order valence-corrected chi connectivity index (χ1v) is 5.94. The Hall–Kier alpha value is -1.63. The van der Waals surface area contributed by atoms with Crippen LogP contribution in [0.5, 0.6) is 0 Å². The lowest BCUT2D eigenvalue weighted by atomic mass is 9.97. The van der Waals surface area contributed by atoms with Crippen LogP contribution in [0.2, 0.25) is 0 Å². The Bertz CT molecular complexity index is 510. The third-order valence-corrected chi connectivity index (χ3v) is 2.97. The molecule has 0 saturated carbocycles. The van der Waals surface area contributed by atoms with Crippen molar-refractivity contribution in [1.82, 2.24) is 0 Å². The van der Waals surface area contributed by atoms with Crippen LogP contribution in [-0.4, -0.2) is 0 Å². The van der Waals surface area contributed by atoms with Gasteiger partial charge >= 0.3 is 0 Å². The Morgan fingerprint density at radius 1 is 0.882 bits per heavy atom. The van der Waals surface area contributed by atoms with Gasteiger partial charge in [-0.3, -0.25) is 0 Å². The number of aryl methyl sites for hydroxylation is 1. The third-order valence-electron chi connectivity index (χ3n) is 2.97. The lowest BCUT2D eigenvalue weighted by Gasteiger charge is -2.09. The zero-order valence-electron chi connectivity index (χ0n) is 10.5. The highest BCUT2D eigenvalue weighted by molar-refractivity contribution is 5.64. The number of hydrogen-bond acceptors (Lipinski definition) is 0. The first-order chi connectivity index (χ1) is 8.06. The van der Waals surface area contributed by atoms with Crippen molar-refractivity contribution in [2.45, 2.75) is 26.7 Å². The molecule has 2 rings (SSSR count). The fourth-order valence-corrected chi connectivity index (χ4v) is 1.86. The average molecular weight is 228 g/mol. The summed E-state index contributed by atoms with van der Waals surface area (Å²) in [6.45, 7) is 6.20. The van der Waals surface area contributed by atoms with Crippen molar-refractivity contribution in [1.29, 1.82) is 0 Å². The standard InChI is InChI=1S/C16H17F/c1-11(2)14-8-15(10-16(17)9-14)13-6-4-12(3)5-7-13/h4-11H,1-3H3. The summed E-state index contributed by atoms with van der Waals surface area (Å²) < 4.78 is 13.6. The van der Waals surface area contributed by atoms with Crippen molar-refractivity contribution in [2.24, 2.45) is 0 Å². The molecule has 0 amide bonds. The molecule has 0 N–H and O–H groups in total. The molecule has 0 unspecified atom stereocenters. The van der Waals surface area contributed by atoms with E-state index in [0.717, 1.165) is 16.7 Å². The number of halogens is 1. The molecule has 0 heterocycles. The summed E-state index contributed by atoms with van der Waals surface area (Å²) in [6.07, 6.45) is 0. The predicted octanol–water partition coefficient (Wildman–Crippen LogP) is 4.92. The summed E-state index contributed by atoms with van der Waals surface area (Å²) in [7, 11) is 0. The van der Waals surface area contributed by atoms with E-state index in [1.807, 2.05) is 12.1 Å². The van der Waals surface area contributed by atoms with Gasteiger partial charge in [0, 0.05) is 0 Å². The van der Waals surface area contributed by atoms with E-state index < -0.39 is 0 Å². The maximum atomic E-state index is 13.6. The van der Waals surface area contributed by atoms with Gasteiger partial charge in [0.1, 0.15) is 5.82 Å². The number of hydrogen-bond donors (Lipinski definition) is 0. The van der Waals surface area contributed by atoms with Crippen LogP contribution in [-0.2, 0) is 0 Å². The summed E-state index contributed by atoms with van der Waals surface area (Å²) in [5, 5.41) is 0. The fourth-order valence-electron chi connectivity index (χ4n) is 1.86. The van der Waals surface area contributed by atoms with E-state index in [4.69, 9.17) is 0 Å². The Balaban J connectivity index is 2.48. The summed E-state index contributed by atoms with van der Waals surface area (Å²) in [5.41, 5.74) is 4.28. The molecule has 88 valence electrons. The molecule has 2 aromatic carbocycles. The normalized spacial score (nSPS) is 10.9. The first-order valence-electron chi connectivity index (χ1n) is 5.94. The van der Waals surface area contributed by atoms with Crippen LogP contribution in [0.4, 0.5) is 4.39 Å². The van der Waals surface area contributed by atoms with Crippen LogP contribution in [0.25, 0.3) is 11.1 Å². The summed E-state index contributed by atoms with van der Waals surface area (Å²) >= 11 is 0. The van der Waals surface area contributed by atoms with Gasteiger partial charge in [-0.05, 0) is 41.7 Å². The fraction of sp³-hybridized carbons (Fsp3) is 0.250. The van der Waals surface area contributed by atoms with E-state index in [0.29, 0.717) is 5.92 Å². The van der Waals surface area contributed by atoms with Gasteiger partial charge in [-0.1, -0.05) is 49.7 Å². The Labute approximate surface area is 102 Å². The molecule has 0 saturated heterocycles. The lowest BCUT2D eigenvalue weighted by Crippen LogP contribution is -1.90. The lowest BCUT2D eigenvalue weighted by molar-refractivity contribution is 0.624. The number of rotatable bonds is 2. The highest BCUT2D eigenvalue weighted by atomic mass is 19.1. The molecule has 0 spiro atoms. The molecule has 17 heavy (non-hydrogen) atoms. The van der Waals surface area contributed by atoms with Gasteiger partial charge in [-0.2, -0.15) is 0 Å². The summed E-state index contributed by atoms with van der Waals surface area (Å²) in [4.78, 5) is 0. The van der Waals surface area contributed by atoms with Crippen molar-refractivity contribution < 1.29 is 4.39 Å². The largest absolute Gasteiger partial charge is 0.207 e. The second kappa shape index (κ2) is 4.70. The van der Waals surface area contributed by atoms with Gasteiger partial charge < -0.3 is 0 Å². The Morgan fingerprint density at radius 3 is 2.12 bits per heavy atom. The van der Waals surface area contributed by atoms with Crippen molar-refractivity contribution in [3.05, 3.63) is 59.4 Å². The van der Waals surface area contributed by atoms with E-state index >= 15 is 0 Å². The minimum atomic E-state index is -0.160. The topological polar surface area (TPSA) is 0 Å². The molecule has 0 nitrogen and oxygen atoms in total. The maximum absolute atomic E-state index is 13.6. The zero-order chi connectivity index (χ0) is 12.4. The predicted molar refractivity (Wildman–Crippen MR) is 70.7 cm³/mol. The minimum Gasteiger partial charge on any atom is -0.207 e. The van der Waals surface area contributed by atoms with Crippen LogP contribution >= 0.6 is 0 Å². The molecule has 0 radical (unpaired) electrons. The van der Waals surface area contributed by atoms with Crippen LogP contribution in [0, 0.1) is 12.7 Å². The summed E-state index contributed by atoms with van der Waals surface area (Å²) in [6, 6.07) is 13.4. The van der Waals surface area contributed by atoms with Gasteiger partial charge in [0.25, 0.3) is 0 Å². The van der Waals surface area contributed by atoms with E-state index in [1.165, 1.54) is 5.56 Å². The monoisotopic (exact) mass is 228 g/mol. The minimum absolute atomic E-state index is 0.160. The van der Waals surface area contributed by atoms with Crippen molar-refractivity contribution >= 4 is 0 Å². The maximum Gasteiger partial charge on any atom is 0.124 e. The Morgan fingerprint density at radius 2 is 1.53 bits per heavy atom. The highest BCUT2D eigenvalue weighted by Crippen LogP contribution is 2.25. The van der Waals surface area contributed by atoms with E-state index in [9.17, 15) is 4.39 Å². The van der Waals surface area contributed by atoms with Crippen molar-refractivity contribution in [2.75, 3.05) is 0 Å². The molecule has 1 heteroatoms. The van der Waals surface area contributed by atoms with E-state index in [1.54, 1.807) is 12.1 Å². The van der Waals surface area contributed by atoms with Gasteiger partial charge in [0.05, 0.1) is 0 Å². The molecule has 0 aliphatic rings. The van der Waals surface area contributed by atoms with Gasteiger partial charge in [0.15, 0.2) is 0 Å². The smallest absolute Gasteiger partial charge is 0.124 e. The van der Waals surface area contributed by atoms with E-state index in [2.05, 4.69) is 39.0 Å². The summed E-state index contributed by atoms with van der Waals surface area (Å²) in [5.74, 6) is 0.182. The van der Waals surface area contributed by atoms with Gasteiger partial charge in [0.2, 0.25) is 0 Å². The Kier molecular flexibility index (Phi) is 3.28. The van der Waals surface area contributed by atoms with Gasteiger partial charge in [-0.15, -0.1) is 0 Å². The van der Waals surface area contributed by atoms with Crippen molar-refractivity contribution in [3.8, 4) is 11.1 Å². The second-order valence-electron chi connectivity index (χ2n) is 4.79. The average Bonchev–Trinajstić information content (AvgIpc) is 2.29. The molecule has 2 aromatic rings. The molecular formula is C16H17F. The second-order valence-corrected chi connectivity index (χ2v) is 4.79.